The molecule has 7 nitrogen and oxygen atoms in total. The number of fused-ring (bicyclic) bond motifs is 3. The molecule has 0 saturated heterocycles. The van der Waals surface area contributed by atoms with Gasteiger partial charge in [0.1, 0.15) is 0 Å². The lowest BCUT2D eigenvalue weighted by atomic mass is 10.1. The van der Waals surface area contributed by atoms with Gasteiger partial charge >= 0.3 is 0 Å². The van der Waals surface area contributed by atoms with Gasteiger partial charge in [-0.3, -0.25) is 14.0 Å². The van der Waals surface area contributed by atoms with Crippen LogP contribution in [0.2, 0.25) is 0 Å². The number of para-hydroxylation sites is 1. The first-order chi connectivity index (χ1) is 15.3. The number of amides is 2. The molecule has 0 aliphatic carbocycles. The van der Waals surface area contributed by atoms with Gasteiger partial charge in [0, 0.05) is 11.1 Å². The fourth-order valence-corrected chi connectivity index (χ4v) is 4.67. The van der Waals surface area contributed by atoms with E-state index in [4.69, 9.17) is 0 Å². The van der Waals surface area contributed by atoms with E-state index in [-0.39, 0.29) is 24.1 Å². The summed E-state index contributed by atoms with van der Waals surface area (Å²) < 4.78 is 1.95. The molecule has 164 valence electrons. The Morgan fingerprint density at radius 3 is 2.41 bits per heavy atom. The number of aryl methyl sites for hydroxylation is 4. The summed E-state index contributed by atoms with van der Waals surface area (Å²) >= 11 is 1.29. The summed E-state index contributed by atoms with van der Waals surface area (Å²) in [5.41, 5.74) is 6.80. The second kappa shape index (κ2) is 9.00. The van der Waals surface area contributed by atoms with Crippen LogP contribution in [0.3, 0.4) is 0 Å². The van der Waals surface area contributed by atoms with Gasteiger partial charge in [-0.15, -0.1) is 10.2 Å². The Bertz CT molecular complexity index is 1320. The number of hydrogen-bond donors (Lipinski definition) is 2. The summed E-state index contributed by atoms with van der Waals surface area (Å²) in [6, 6.07) is 14.1. The van der Waals surface area contributed by atoms with Gasteiger partial charge in [0.05, 0.1) is 17.8 Å². The lowest BCUT2D eigenvalue weighted by molar-refractivity contribution is -0.122. The second-order valence-corrected chi connectivity index (χ2v) is 8.85. The van der Waals surface area contributed by atoms with E-state index in [1.807, 2.05) is 68.5 Å². The molecular weight excluding hydrogens is 422 g/mol. The Balaban J connectivity index is 1.38. The van der Waals surface area contributed by atoms with Crippen molar-refractivity contribution < 1.29 is 9.59 Å². The molecule has 8 heteroatoms. The minimum atomic E-state index is -0.257. The van der Waals surface area contributed by atoms with Gasteiger partial charge in [0.25, 0.3) is 0 Å². The van der Waals surface area contributed by atoms with Crippen LogP contribution in [-0.4, -0.2) is 38.7 Å². The number of thioether (sulfide) groups is 1. The van der Waals surface area contributed by atoms with Crippen molar-refractivity contribution >= 4 is 45.8 Å². The third-order valence-electron chi connectivity index (χ3n) is 5.29. The van der Waals surface area contributed by atoms with Crippen LogP contribution in [0.25, 0.3) is 16.6 Å². The normalized spacial score (nSPS) is 11.1. The number of benzene rings is 2. The molecule has 0 fully saturated rings. The third-order valence-corrected chi connectivity index (χ3v) is 6.22. The van der Waals surface area contributed by atoms with Gasteiger partial charge in [-0.1, -0.05) is 47.7 Å². The number of carbonyl (C=O) groups is 2. The highest BCUT2D eigenvalue weighted by atomic mass is 32.2. The molecule has 0 aliphatic heterocycles. The summed E-state index contributed by atoms with van der Waals surface area (Å²) in [7, 11) is 0. The van der Waals surface area contributed by atoms with Gasteiger partial charge in [0.15, 0.2) is 10.8 Å². The van der Waals surface area contributed by atoms with Gasteiger partial charge in [-0.25, -0.2) is 0 Å². The molecule has 2 heterocycles. The highest BCUT2D eigenvalue weighted by Crippen LogP contribution is 2.25. The van der Waals surface area contributed by atoms with Crippen molar-refractivity contribution in [3.05, 3.63) is 64.7 Å². The van der Waals surface area contributed by atoms with Crippen LogP contribution in [0.15, 0.2) is 47.6 Å². The minimum absolute atomic E-state index is 0.0884. The highest BCUT2D eigenvalue weighted by molar-refractivity contribution is 7.99. The topological polar surface area (TPSA) is 88.4 Å². The molecule has 0 unspecified atom stereocenters. The largest absolute Gasteiger partial charge is 0.346 e. The molecular formula is C24H25N5O2S. The van der Waals surface area contributed by atoms with Crippen LogP contribution >= 0.6 is 11.8 Å². The number of rotatable bonds is 6. The number of anilines is 1. The molecule has 32 heavy (non-hydrogen) atoms. The predicted molar refractivity (Wildman–Crippen MR) is 128 cm³/mol. The Labute approximate surface area is 190 Å². The van der Waals surface area contributed by atoms with E-state index < -0.39 is 0 Å². The van der Waals surface area contributed by atoms with Crippen molar-refractivity contribution in [3.8, 4) is 0 Å². The Kier molecular flexibility index (Phi) is 6.14. The van der Waals surface area contributed by atoms with Crippen molar-refractivity contribution in [1.29, 1.82) is 0 Å². The molecule has 0 saturated carbocycles. The van der Waals surface area contributed by atoms with Crippen molar-refractivity contribution in [2.24, 2.45) is 0 Å². The average Bonchev–Trinajstić information content (AvgIpc) is 3.16. The maximum Gasteiger partial charge on any atom is 0.243 e. The van der Waals surface area contributed by atoms with Crippen molar-refractivity contribution in [3.63, 3.8) is 0 Å². The van der Waals surface area contributed by atoms with E-state index in [0.717, 1.165) is 44.5 Å². The molecule has 0 spiro atoms. The van der Waals surface area contributed by atoms with Crippen LogP contribution < -0.4 is 10.6 Å². The van der Waals surface area contributed by atoms with Gasteiger partial charge in [-0.05, 0) is 56.5 Å². The highest BCUT2D eigenvalue weighted by Gasteiger charge is 2.14. The number of nitrogens with one attached hydrogen (secondary N) is 2. The maximum absolute atomic E-state index is 12.4. The lowest BCUT2D eigenvalue weighted by Gasteiger charge is -2.13. The van der Waals surface area contributed by atoms with Gasteiger partial charge in [-0.2, -0.15) is 0 Å². The van der Waals surface area contributed by atoms with E-state index in [1.165, 1.54) is 11.8 Å². The van der Waals surface area contributed by atoms with Crippen LogP contribution in [-0.2, 0) is 9.59 Å². The molecule has 0 bridgehead atoms. The molecule has 4 aromatic rings. The molecule has 2 amide bonds. The molecule has 2 aromatic heterocycles. The quantitative estimate of drug-likeness (QED) is 0.437. The predicted octanol–water partition coefficient (Wildman–Crippen LogP) is 3.96. The van der Waals surface area contributed by atoms with E-state index in [0.29, 0.717) is 5.16 Å². The van der Waals surface area contributed by atoms with Crippen molar-refractivity contribution in [2.75, 3.05) is 17.6 Å². The minimum Gasteiger partial charge on any atom is -0.346 e. The van der Waals surface area contributed by atoms with Gasteiger partial charge in [0.2, 0.25) is 11.8 Å². The number of pyridine rings is 1. The summed E-state index contributed by atoms with van der Waals surface area (Å²) in [6.07, 6.45) is 0. The molecule has 0 radical (unpaired) electrons. The fourth-order valence-electron chi connectivity index (χ4n) is 3.89. The molecule has 2 aromatic carbocycles. The molecule has 4 rings (SSSR count). The Morgan fingerprint density at radius 2 is 1.66 bits per heavy atom. The summed E-state index contributed by atoms with van der Waals surface area (Å²) in [4.78, 5) is 24.7. The zero-order valence-corrected chi connectivity index (χ0v) is 19.3. The van der Waals surface area contributed by atoms with Crippen LogP contribution in [0.5, 0.6) is 0 Å². The first kappa shape index (κ1) is 21.8. The number of nitrogens with zero attached hydrogens (tertiary/aromatic N) is 3. The first-order valence-corrected chi connectivity index (χ1v) is 11.3. The third kappa shape index (κ3) is 4.45. The fraction of sp³-hybridized carbons (Fsp3) is 0.250. The SMILES string of the molecule is Cc1cc(C)c(NC(=O)CNC(=O)CSc2nnc3cc(C)c4ccccc4n23)c(C)c1. The average molecular weight is 448 g/mol. The zero-order chi connectivity index (χ0) is 22.8. The van der Waals surface area contributed by atoms with E-state index in [2.05, 4.69) is 26.9 Å². The van der Waals surface area contributed by atoms with E-state index >= 15 is 0 Å². The molecule has 2 N–H and O–H groups in total. The summed E-state index contributed by atoms with van der Waals surface area (Å²) in [5, 5.41) is 15.8. The number of hydrogen-bond acceptors (Lipinski definition) is 5. The maximum atomic E-state index is 12.4. The Morgan fingerprint density at radius 1 is 0.938 bits per heavy atom. The molecule has 0 atom stereocenters. The summed E-state index contributed by atoms with van der Waals surface area (Å²) in [5.74, 6) is -0.359. The summed E-state index contributed by atoms with van der Waals surface area (Å²) in [6.45, 7) is 7.89. The monoisotopic (exact) mass is 447 g/mol. The van der Waals surface area contributed by atoms with Crippen LogP contribution in [0.4, 0.5) is 5.69 Å². The number of carbonyl (C=O) groups excluding carboxylic acids is 2. The first-order valence-electron chi connectivity index (χ1n) is 10.3. The van der Waals surface area contributed by atoms with Crippen LogP contribution in [0.1, 0.15) is 22.3 Å². The van der Waals surface area contributed by atoms with E-state index in [1.54, 1.807) is 0 Å². The van der Waals surface area contributed by atoms with Crippen molar-refractivity contribution in [1.82, 2.24) is 19.9 Å². The zero-order valence-electron chi connectivity index (χ0n) is 18.5. The Hall–Kier alpha value is -3.39. The van der Waals surface area contributed by atoms with Crippen molar-refractivity contribution in [2.45, 2.75) is 32.9 Å². The van der Waals surface area contributed by atoms with Gasteiger partial charge < -0.3 is 10.6 Å². The number of aromatic nitrogens is 3. The van der Waals surface area contributed by atoms with Crippen LogP contribution in [0, 0.1) is 27.7 Å². The lowest BCUT2D eigenvalue weighted by Crippen LogP contribution is -2.34. The second-order valence-electron chi connectivity index (χ2n) is 7.91. The van der Waals surface area contributed by atoms with E-state index in [9.17, 15) is 9.59 Å². The molecule has 0 aliphatic rings. The standard InChI is InChI=1S/C24H25N5O2S/c1-14-9-16(3)23(17(4)10-14)26-21(30)12-25-22(31)13-32-24-28-27-20-11-15(2)18-7-5-6-8-19(18)29(20)24/h5-11H,12-13H2,1-4H3,(H,25,31)(H,26,30). The smallest absolute Gasteiger partial charge is 0.243 e.